The van der Waals surface area contributed by atoms with E-state index < -0.39 is 14.8 Å². The van der Waals surface area contributed by atoms with E-state index in [1.807, 2.05) is 25.1 Å². The zero-order valence-corrected chi connectivity index (χ0v) is 12.1. The number of rotatable bonds is 4. The molecule has 0 spiro atoms. The van der Waals surface area contributed by atoms with Crippen LogP contribution < -0.4 is 0 Å². The summed E-state index contributed by atoms with van der Waals surface area (Å²) in [5.74, 6) is 0. The molecule has 0 aliphatic carbocycles. The number of aryl methyl sites for hydroxylation is 1. The molecule has 0 aliphatic rings. The molecule has 0 aromatic heterocycles. The summed E-state index contributed by atoms with van der Waals surface area (Å²) >= 11 is 0. The Morgan fingerprint density at radius 1 is 1.10 bits per heavy atom. The third-order valence-corrected chi connectivity index (χ3v) is 4.28. The van der Waals surface area contributed by atoms with E-state index in [0.29, 0.717) is 0 Å². The molecule has 5 nitrogen and oxygen atoms in total. The van der Waals surface area contributed by atoms with Gasteiger partial charge in [-0.1, -0.05) is 29.8 Å². The quantitative estimate of drug-likeness (QED) is 0.641. The molecule has 21 heavy (non-hydrogen) atoms. The Morgan fingerprint density at radius 2 is 1.76 bits per heavy atom. The van der Waals surface area contributed by atoms with E-state index in [9.17, 15) is 18.5 Å². The van der Waals surface area contributed by atoms with Gasteiger partial charge in [0.15, 0.2) is 9.84 Å². The highest BCUT2D eigenvalue weighted by Gasteiger charge is 2.12. The summed E-state index contributed by atoms with van der Waals surface area (Å²) in [6.07, 6.45) is 1.50. The summed E-state index contributed by atoms with van der Waals surface area (Å²) in [7, 11) is -3.62. The van der Waals surface area contributed by atoms with Crippen LogP contribution in [0.25, 0.3) is 6.08 Å². The molecule has 0 unspecified atom stereocenters. The number of hydrogen-bond donors (Lipinski definition) is 0. The Labute approximate surface area is 122 Å². The molecule has 0 saturated heterocycles. The lowest BCUT2D eigenvalue weighted by Gasteiger charge is -1.99. The van der Waals surface area contributed by atoms with Crippen molar-refractivity contribution in [3.05, 3.63) is 75.2 Å². The summed E-state index contributed by atoms with van der Waals surface area (Å²) in [6, 6.07) is 12.2. The van der Waals surface area contributed by atoms with Crippen LogP contribution in [-0.2, 0) is 9.84 Å². The second-order valence-electron chi connectivity index (χ2n) is 4.51. The number of hydrogen-bond acceptors (Lipinski definition) is 4. The fourth-order valence-corrected chi connectivity index (χ4v) is 2.79. The van der Waals surface area contributed by atoms with Crippen LogP contribution in [-0.4, -0.2) is 13.3 Å². The summed E-state index contributed by atoms with van der Waals surface area (Å²) in [5, 5.41) is 11.6. The second kappa shape index (κ2) is 5.88. The normalized spacial score (nSPS) is 11.7. The summed E-state index contributed by atoms with van der Waals surface area (Å²) in [4.78, 5) is 10.0. The predicted octanol–water partition coefficient (Wildman–Crippen LogP) is 3.35. The van der Waals surface area contributed by atoms with Gasteiger partial charge in [-0.15, -0.1) is 0 Å². The molecule has 108 valence electrons. The van der Waals surface area contributed by atoms with Crippen molar-refractivity contribution >= 4 is 21.6 Å². The van der Waals surface area contributed by atoms with Crippen molar-refractivity contribution in [2.75, 3.05) is 0 Å². The van der Waals surface area contributed by atoms with Crippen LogP contribution in [0.5, 0.6) is 0 Å². The SMILES string of the molecule is Cc1cccc(/C=C/S(=O)(=O)c2ccc([N+](=O)[O-])cc2)c1. The summed E-state index contributed by atoms with van der Waals surface area (Å²) in [5.41, 5.74) is 1.67. The Morgan fingerprint density at radius 3 is 2.33 bits per heavy atom. The molecule has 0 heterocycles. The highest BCUT2D eigenvalue weighted by molar-refractivity contribution is 7.94. The molecule has 0 N–H and O–H groups in total. The van der Waals surface area contributed by atoms with E-state index in [4.69, 9.17) is 0 Å². The van der Waals surface area contributed by atoms with Crippen molar-refractivity contribution in [2.24, 2.45) is 0 Å². The Balaban J connectivity index is 2.27. The van der Waals surface area contributed by atoms with Crippen molar-refractivity contribution in [1.82, 2.24) is 0 Å². The Kier molecular flexibility index (Phi) is 4.18. The molecule has 0 bridgehead atoms. The number of benzene rings is 2. The lowest BCUT2D eigenvalue weighted by Crippen LogP contribution is -1.96. The molecular weight excluding hydrogens is 290 g/mol. The molecule has 0 fully saturated rings. The van der Waals surface area contributed by atoms with Gasteiger partial charge in [0.25, 0.3) is 5.69 Å². The largest absolute Gasteiger partial charge is 0.269 e. The molecular formula is C15H13NO4S. The number of nitrogens with zero attached hydrogens (tertiary/aromatic N) is 1. The zero-order chi connectivity index (χ0) is 15.5. The van der Waals surface area contributed by atoms with Crippen LogP contribution in [0.4, 0.5) is 5.69 Å². The van der Waals surface area contributed by atoms with Crippen molar-refractivity contribution in [3.63, 3.8) is 0 Å². The van der Waals surface area contributed by atoms with Gasteiger partial charge in [-0.25, -0.2) is 8.42 Å². The standard InChI is InChI=1S/C15H13NO4S/c1-12-3-2-4-13(11-12)9-10-21(19,20)15-7-5-14(6-8-15)16(17)18/h2-11H,1H3/b10-9+. The van der Waals surface area contributed by atoms with Crippen molar-refractivity contribution in [3.8, 4) is 0 Å². The van der Waals surface area contributed by atoms with Gasteiger partial charge in [0.1, 0.15) is 0 Å². The first kappa shape index (κ1) is 14.9. The number of sulfone groups is 1. The maximum atomic E-state index is 12.1. The van der Waals surface area contributed by atoms with Gasteiger partial charge in [0.05, 0.1) is 9.82 Å². The number of nitro groups is 1. The van der Waals surface area contributed by atoms with E-state index in [1.54, 1.807) is 6.07 Å². The lowest BCUT2D eigenvalue weighted by atomic mass is 10.1. The van der Waals surface area contributed by atoms with Crippen LogP contribution in [0.3, 0.4) is 0 Å². The second-order valence-corrected chi connectivity index (χ2v) is 6.35. The fraction of sp³-hybridized carbons (Fsp3) is 0.0667. The van der Waals surface area contributed by atoms with Gasteiger partial charge < -0.3 is 0 Å². The predicted molar refractivity (Wildman–Crippen MR) is 80.5 cm³/mol. The van der Waals surface area contributed by atoms with Gasteiger partial charge in [-0.05, 0) is 30.7 Å². The molecule has 0 amide bonds. The third-order valence-electron chi connectivity index (χ3n) is 2.86. The molecule has 0 aliphatic heterocycles. The van der Waals surface area contributed by atoms with E-state index in [1.165, 1.54) is 30.3 Å². The van der Waals surface area contributed by atoms with Crippen LogP contribution in [0.2, 0.25) is 0 Å². The zero-order valence-electron chi connectivity index (χ0n) is 11.3. The van der Waals surface area contributed by atoms with Crippen LogP contribution in [0, 0.1) is 17.0 Å². The third kappa shape index (κ3) is 3.76. The molecule has 2 aromatic carbocycles. The Bertz CT molecular complexity index is 793. The van der Waals surface area contributed by atoms with Gasteiger partial charge in [-0.3, -0.25) is 10.1 Å². The van der Waals surface area contributed by atoms with Gasteiger partial charge in [-0.2, -0.15) is 0 Å². The first-order chi connectivity index (χ1) is 9.88. The topological polar surface area (TPSA) is 77.3 Å². The molecule has 0 radical (unpaired) electrons. The maximum Gasteiger partial charge on any atom is 0.269 e. The van der Waals surface area contributed by atoms with Crippen LogP contribution in [0.1, 0.15) is 11.1 Å². The molecule has 0 atom stereocenters. The number of non-ortho nitro benzene ring substituents is 1. The highest BCUT2D eigenvalue weighted by atomic mass is 32.2. The van der Waals surface area contributed by atoms with Gasteiger partial charge in [0, 0.05) is 17.5 Å². The van der Waals surface area contributed by atoms with Crippen molar-refractivity contribution in [1.29, 1.82) is 0 Å². The van der Waals surface area contributed by atoms with E-state index in [0.717, 1.165) is 16.5 Å². The minimum atomic E-state index is -3.62. The first-order valence-electron chi connectivity index (χ1n) is 6.13. The van der Waals surface area contributed by atoms with E-state index in [2.05, 4.69) is 0 Å². The average Bonchev–Trinajstić information content (AvgIpc) is 2.45. The minimum absolute atomic E-state index is 0.0250. The van der Waals surface area contributed by atoms with Crippen molar-refractivity contribution < 1.29 is 13.3 Å². The van der Waals surface area contributed by atoms with Crippen LogP contribution in [0.15, 0.2) is 58.8 Å². The van der Waals surface area contributed by atoms with Gasteiger partial charge in [0.2, 0.25) is 0 Å². The number of nitro benzene ring substituents is 1. The minimum Gasteiger partial charge on any atom is -0.258 e. The van der Waals surface area contributed by atoms with Crippen molar-refractivity contribution in [2.45, 2.75) is 11.8 Å². The summed E-state index contributed by atoms with van der Waals surface area (Å²) < 4.78 is 24.2. The van der Waals surface area contributed by atoms with Gasteiger partial charge >= 0.3 is 0 Å². The monoisotopic (exact) mass is 303 g/mol. The van der Waals surface area contributed by atoms with Crippen LogP contribution >= 0.6 is 0 Å². The fourth-order valence-electron chi connectivity index (χ4n) is 1.78. The lowest BCUT2D eigenvalue weighted by molar-refractivity contribution is -0.384. The molecule has 2 rings (SSSR count). The Hall–Kier alpha value is -2.47. The summed E-state index contributed by atoms with van der Waals surface area (Å²) in [6.45, 7) is 1.92. The van der Waals surface area contributed by atoms with E-state index >= 15 is 0 Å². The maximum absolute atomic E-state index is 12.1. The first-order valence-corrected chi connectivity index (χ1v) is 7.67. The smallest absolute Gasteiger partial charge is 0.258 e. The highest BCUT2D eigenvalue weighted by Crippen LogP contribution is 2.18. The molecule has 0 saturated carbocycles. The average molecular weight is 303 g/mol. The molecule has 2 aromatic rings. The molecule has 6 heteroatoms. The van der Waals surface area contributed by atoms with E-state index in [-0.39, 0.29) is 10.6 Å².